The lowest BCUT2D eigenvalue weighted by Crippen LogP contribution is -2.31. The first-order valence-corrected chi connectivity index (χ1v) is 14.2. The third-order valence-electron chi connectivity index (χ3n) is 5.55. The molecule has 0 atom stereocenters. The molecule has 0 saturated heterocycles. The molecule has 11 heteroatoms. The Hall–Kier alpha value is -2.76. The van der Waals surface area contributed by atoms with E-state index in [1.807, 2.05) is 13.8 Å². The number of anilines is 3. The van der Waals surface area contributed by atoms with E-state index in [1.54, 1.807) is 12.1 Å². The Balaban J connectivity index is 2.16. The molecule has 2 rings (SSSR count). The minimum Gasteiger partial charge on any atom is -0.396 e. The number of carbonyl (C=O) groups excluding carboxylic acids is 1. The smallest absolute Gasteiger partial charge is 0.260 e. The number of hydrogen-bond donors (Lipinski definition) is 4. The number of amides is 1. The van der Waals surface area contributed by atoms with Crippen LogP contribution in [0.1, 0.15) is 69.7 Å². The van der Waals surface area contributed by atoms with Gasteiger partial charge in [0.2, 0.25) is 16.0 Å². The number of aliphatic hydroxyl groups is 1. The van der Waals surface area contributed by atoms with Gasteiger partial charge in [0.05, 0.1) is 4.90 Å². The molecular formula is C25H40N6O4S. The van der Waals surface area contributed by atoms with E-state index in [0.717, 1.165) is 45.1 Å². The summed E-state index contributed by atoms with van der Waals surface area (Å²) in [6, 6.07) is 6.16. The fraction of sp³-hybridized carbons (Fsp3) is 0.560. The summed E-state index contributed by atoms with van der Waals surface area (Å²) in [4.78, 5) is 22.0. The molecule has 0 radical (unpaired) electrons. The van der Waals surface area contributed by atoms with E-state index in [0.29, 0.717) is 37.1 Å². The van der Waals surface area contributed by atoms with Crippen LogP contribution in [0.3, 0.4) is 0 Å². The molecule has 0 fully saturated rings. The number of aromatic nitrogens is 2. The molecule has 1 amide bonds. The maximum absolute atomic E-state index is 13.1. The molecule has 2 aromatic rings. The van der Waals surface area contributed by atoms with Gasteiger partial charge in [0.1, 0.15) is 11.4 Å². The van der Waals surface area contributed by atoms with Crippen molar-refractivity contribution in [3.8, 4) is 0 Å². The zero-order valence-electron chi connectivity index (χ0n) is 21.6. The molecule has 0 unspecified atom stereocenters. The van der Waals surface area contributed by atoms with Crippen LogP contribution in [0, 0.1) is 0 Å². The van der Waals surface area contributed by atoms with Gasteiger partial charge in [-0.15, -0.1) is 0 Å². The summed E-state index contributed by atoms with van der Waals surface area (Å²) in [5.41, 5.74) is 0.756. The predicted molar refractivity (Wildman–Crippen MR) is 144 cm³/mol. The van der Waals surface area contributed by atoms with Crippen LogP contribution in [0.15, 0.2) is 35.4 Å². The minimum absolute atomic E-state index is 0.155. The van der Waals surface area contributed by atoms with Crippen LogP contribution in [-0.2, 0) is 10.0 Å². The molecule has 0 aliphatic rings. The molecule has 10 nitrogen and oxygen atoms in total. The number of sulfonamides is 1. The Labute approximate surface area is 215 Å². The fourth-order valence-corrected chi connectivity index (χ4v) is 5.06. The number of rotatable bonds is 17. The van der Waals surface area contributed by atoms with Crippen LogP contribution < -0.4 is 16.0 Å². The Bertz CT molecular complexity index is 1050. The summed E-state index contributed by atoms with van der Waals surface area (Å²) < 4.78 is 27.1. The van der Waals surface area contributed by atoms with Crippen LogP contribution in [0.25, 0.3) is 0 Å². The summed E-state index contributed by atoms with van der Waals surface area (Å²) in [6.45, 7) is 8.19. The monoisotopic (exact) mass is 520 g/mol. The molecule has 0 saturated carbocycles. The zero-order chi connectivity index (χ0) is 26.4. The number of carbonyl (C=O) groups is 1. The molecule has 0 bridgehead atoms. The van der Waals surface area contributed by atoms with Crippen LogP contribution in [0.5, 0.6) is 0 Å². The first-order valence-electron chi connectivity index (χ1n) is 12.7. The van der Waals surface area contributed by atoms with Crippen molar-refractivity contribution in [2.24, 2.45) is 0 Å². The normalized spacial score (nSPS) is 11.5. The largest absolute Gasteiger partial charge is 0.396 e. The highest BCUT2D eigenvalue weighted by atomic mass is 32.2. The van der Waals surface area contributed by atoms with Crippen molar-refractivity contribution in [3.05, 3.63) is 36.0 Å². The van der Waals surface area contributed by atoms with Crippen LogP contribution >= 0.6 is 0 Å². The number of benzene rings is 1. The lowest BCUT2D eigenvalue weighted by atomic mass is 10.2. The summed E-state index contributed by atoms with van der Waals surface area (Å²) in [6.07, 6.45) is 6.65. The van der Waals surface area contributed by atoms with Crippen LogP contribution in [0.2, 0.25) is 0 Å². The Morgan fingerprint density at radius 3 is 2.33 bits per heavy atom. The highest BCUT2D eigenvalue weighted by molar-refractivity contribution is 7.89. The summed E-state index contributed by atoms with van der Waals surface area (Å²) in [7, 11) is -3.58. The van der Waals surface area contributed by atoms with E-state index in [1.165, 1.54) is 22.6 Å². The second kappa shape index (κ2) is 15.4. The molecule has 1 heterocycles. The van der Waals surface area contributed by atoms with Gasteiger partial charge in [0.25, 0.3) is 5.91 Å². The third-order valence-corrected chi connectivity index (χ3v) is 7.54. The maximum Gasteiger partial charge on any atom is 0.260 e. The van der Waals surface area contributed by atoms with E-state index in [2.05, 4.69) is 32.8 Å². The highest BCUT2D eigenvalue weighted by Crippen LogP contribution is 2.21. The molecular weight excluding hydrogens is 480 g/mol. The van der Waals surface area contributed by atoms with E-state index in [9.17, 15) is 13.2 Å². The fourth-order valence-electron chi connectivity index (χ4n) is 3.52. The van der Waals surface area contributed by atoms with E-state index < -0.39 is 15.9 Å². The van der Waals surface area contributed by atoms with Crippen molar-refractivity contribution < 1.29 is 18.3 Å². The van der Waals surface area contributed by atoms with Crippen molar-refractivity contribution in [3.63, 3.8) is 0 Å². The van der Waals surface area contributed by atoms with Crippen molar-refractivity contribution in [1.29, 1.82) is 0 Å². The summed E-state index contributed by atoms with van der Waals surface area (Å²) >= 11 is 0. The van der Waals surface area contributed by atoms with Gasteiger partial charge in [0, 0.05) is 44.7 Å². The van der Waals surface area contributed by atoms with Gasteiger partial charge in [-0.3, -0.25) is 4.79 Å². The van der Waals surface area contributed by atoms with Crippen molar-refractivity contribution >= 4 is 33.4 Å². The second-order valence-corrected chi connectivity index (χ2v) is 10.4. The van der Waals surface area contributed by atoms with Crippen LogP contribution in [-0.4, -0.2) is 66.5 Å². The van der Waals surface area contributed by atoms with E-state index >= 15 is 0 Å². The Kier molecular flexibility index (Phi) is 12.6. The lowest BCUT2D eigenvalue weighted by Gasteiger charge is -2.20. The predicted octanol–water partition coefficient (Wildman–Crippen LogP) is 3.94. The van der Waals surface area contributed by atoms with Crippen molar-refractivity contribution in [1.82, 2.24) is 14.3 Å². The molecule has 1 aromatic carbocycles. The average molecular weight is 521 g/mol. The van der Waals surface area contributed by atoms with Crippen LogP contribution in [0.4, 0.5) is 17.5 Å². The topological polar surface area (TPSA) is 137 Å². The number of aliphatic hydroxyl groups excluding tert-OH is 1. The van der Waals surface area contributed by atoms with Gasteiger partial charge < -0.3 is 21.1 Å². The van der Waals surface area contributed by atoms with Gasteiger partial charge in [0.15, 0.2) is 0 Å². The summed E-state index contributed by atoms with van der Waals surface area (Å²) in [5, 5.41) is 18.2. The van der Waals surface area contributed by atoms with Crippen molar-refractivity contribution in [2.45, 2.75) is 64.2 Å². The molecule has 4 N–H and O–H groups in total. The average Bonchev–Trinajstić information content (AvgIpc) is 2.87. The third kappa shape index (κ3) is 8.72. The molecule has 0 spiro atoms. The number of nitrogens with one attached hydrogen (secondary N) is 3. The number of hydrogen-bond acceptors (Lipinski definition) is 8. The first kappa shape index (κ1) is 29.5. The number of nitrogens with zero attached hydrogens (tertiary/aromatic N) is 3. The van der Waals surface area contributed by atoms with Crippen molar-refractivity contribution in [2.75, 3.05) is 48.7 Å². The first-order chi connectivity index (χ1) is 17.4. The quantitative estimate of drug-likeness (QED) is 0.230. The Morgan fingerprint density at radius 2 is 1.69 bits per heavy atom. The standard InChI is InChI=1S/C25H40N6O4S/c1-4-7-15-27-25-28-19-22(23(30-25)26-16-9-8-10-18-32)24(33)29-20-11-13-21(14-12-20)36(34,35)31(6-3)17-5-2/h11-14,19,32H,4-10,15-18H2,1-3H3,(H,29,33)(H2,26,27,28,30). The molecule has 36 heavy (non-hydrogen) atoms. The van der Waals surface area contributed by atoms with Gasteiger partial charge in [-0.2, -0.15) is 9.29 Å². The molecule has 1 aromatic heterocycles. The highest BCUT2D eigenvalue weighted by Gasteiger charge is 2.22. The number of unbranched alkanes of at least 4 members (excludes halogenated alkanes) is 3. The SMILES string of the molecule is CCCCNc1ncc(C(=O)Nc2ccc(S(=O)(=O)N(CC)CCC)cc2)c(NCCCCCO)n1. The van der Waals surface area contributed by atoms with Gasteiger partial charge in [-0.1, -0.05) is 27.2 Å². The van der Waals surface area contributed by atoms with E-state index in [-0.39, 0.29) is 17.1 Å². The lowest BCUT2D eigenvalue weighted by molar-refractivity contribution is 0.102. The summed E-state index contributed by atoms with van der Waals surface area (Å²) in [5.74, 6) is 0.465. The van der Waals surface area contributed by atoms with Gasteiger partial charge in [-0.05, 0) is 56.4 Å². The van der Waals surface area contributed by atoms with E-state index in [4.69, 9.17) is 5.11 Å². The minimum atomic E-state index is -3.58. The second-order valence-electron chi connectivity index (χ2n) is 8.42. The van der Waals surface area contributed by atoms with Gasteiger partial charge in [-0.25, -0.2) is 13.4 Å². The molecule has 0 aliphatic heterocycles. The van der Waals surface area contributed by atoms with Gasteiger partial charge >= 0.3 is 0 Å². The zero-order valence-corrected chi connectivity index (χ0v) is 22.4. The molecule has 200 valence electrons. The Morgan fingerprint density at radius 1 is 0.972 bits per heavy atom. The molecule has 0 aliphatic carbocycles. The maximum atomic E-state index is 13.1.